The highest BCUT2D eigenvalue weighted by Gasteiger charge is 1.98. The Morgan fingerprint density at radius 2 is 1.86 bits per heavy atom. The number of carbonyl (C=O) groups excluding carboxylic acids is 1. The summed E-state index contributed by atoms with van der Waals surface area (Å²) in [6.07, 6.45) is 7.40. The maximum absolute atomic E-state index is 10.4. The summed E-state index contributed by atoms with van der Waals surface area (Å²) in [6.45, 7) is 6.60. The summed E-state index contributed by atoms with van der Waals surface area (Å²) < 4.78 is 4.85. The quantitative estimate of drug-likeness (QED) is 0.442. The van der Waals surface area contributed by atoms with E-state index in [9.17, 15) is 4.79 Å². The molecule has 0 aromatic carbocycles. The molecule has 0 fully saturated rings. The molecule has 0 aliphatic rings. The lowest BCUT2D eigenvalue weighted by molar-refractivity contribution is -0.141. The van der Waals surface area contributed by atoms with Crippen LogP contribution >= 0.6 is 0 Å². The topological polar surface area (TPSA) is 26.3 Å². The number of unbranched alkanes of at least 4 members (excludes halogenated alkanes) is 3. The third kappa shape index (κ3) is 9.56. The molecule has 84 valence electrons. The molecule has 2 nitrogen and oxygen atoms in total. The Morgan fingerprint density at radius 1 is 1.21 bits per heavy atom. The highest BCUT2D eigenvalue weighted by molar-refractivity contribution is 5.65. The van der Waals surface area contributed by atoms with Gasteiger partial charge < -0.3 is 4.74 Å². The van der Waals surface area contributed by atoms with Crippen molar-refractivity contribution in [2.24, 2.45) is 5.92 Å². The van der Waals surface area contributed by atoms with Crippen molar-refractivity contribution in [3.63, 3.8) is 0 Å². The molecule has 0 rings (SSSR count). The molecule has 0 aliphatic heterocycles. The minimum Gasteiger partial charge on any atom is -0.466 e. The number of hydrogen-bond donors (Lipinski definition) is 0. The number of esters is 1. The predicted octanol–water partition coefficient (Wildman–Crippen LogP) is 3.55. The van der Waals surface area contributed by atoms with Crippen LogP contribution in [-0.2, 0) is 9.53 Å². The smallest absolute Gasteiger partial charge is 0.302 e. The van der Waals surface area contributed by atoms with Crippen molar-refractivity contribution in [2.75, 3.05) is 6.61 Å². The second-order valence-electron chi connectivity index (χ2n) is 4.06. The minimum atomic E-state index is -0.162. The van der Waals surface area contributed by atoms with Gasteiger partial charge in [-0.2, -0.15) is 0 Å². The van der Waals surface area contributed by atoms with Crippen LogP contribution in [-0.4, -0.2) is 12.6 Å². The van der Waals surface area contributed by atoms with Gasteiger partial charge in [0.05, 0.1) is 6.61 Å². The molecule has 0 amide bonds. The van der Waals surface area contributed by atoms with Crippen molar-refractivity contribution in [1.29, 1.82) is 0 Å². The number of hydrogen-bond acceptors (Lipinski definition) is 2. The molecule has 0 aliphatic carbocycles. The normalized spacial score (nSPS) is 12.5. The van der Waals surface area contributed by atoms with Crippen LogP contribution in [0.25, 0.3) is 0 Å². The summed E-state index contributed by atoms with van der Waals surface area (Å²) in [5, 5.41) is 0. The van der Waals surface area contributed by atoms with Crippen molar-refractivity contribution in [3.05, 3.63) is 0 Å². The first-order chi connectivity index (χ1) is 6.66. The molecule has 0 aromatic heterocycles. The standard InChI is InChI=1S/C12H24O2/c1-4-11(2)9-7-5-6-8-10-14-12(3)13/h11H,4-10H2,1-3H3. The second kappa shape index (κ2) is 9.04. The van der Waals surface area contributed by atoms with Crippen LogP contribution in [0.3, 0.4) is 0 Å². The molecule has 0 N–H and O–H groups in total. The number of ether oxygens (including phenoxy) is 1. The van der Waals surface area contributed by atoms with Crippen molar-refractivity contribution >= 4 is 5.97 Å². The van der Waals surface area contributed by atoms with Crippen molar-refractivity contribution in [3.8, 4) is 0 Å². The van der Waals surface area contributed by atoms with Crippen LogP contribution in [0.15, 0.2) is 0 Å². The summed E-state index contributed by atoms with van der Waals surface area (Å²) in [5.41, 5.74) is 0. The van der Waals surface area contributed by atoms with E-state index in [2.05, 4.69) is 13.8 Å². The maximum Gasteiger partial charge on any atom is 0.302 e. The maximum atomic E-state index is 10.4. The van der Waals surface area contributed by atoms with Crippen LogP contribution in [0, 0.1) is 5.92 Å². The summed E-state index contributed by atoms with van der Waals surface area (Å²) >= 11 is 0. The van der Waals surface area contributed by atoms with Gasteiger partial charge in [-0.15, -0.1) is 0 Å². The number of carbonyl (C=O) groups is 1. The highest BCUT2D eigenvalue weighted by atomic mass is 16.5. The fourth-order valence-corrected chi connectivity index (χ4v) is 1.37. The molecule has 1 unspecified atom stereocenters. The molecule has 0 bridgehead atoms. The zero-order valence-electron chi connectivity index (χ0n) is 9.84. The lowest BCUT2D eigenvalue weighted by Crippen LogP contribution is -2.00. The van der Waals surface area contributed by atoms with Gasteiger partial charge in [-0.25, -0.2) is 0 Å². The zero-order chi connectivity index (χ0) is 10.8. The van der Waals surface area contributed by atoms with E-state index in [1.807, 2.05) is 0 Å². The van der Waals surface area contributed by atoms with E-state index in [0.29, 0.717) is 6.61 Å². The third-order valence-corrected chi connectivity index (χ3v) is 2.59. The van der Waals surface area contributed by atoms with Gasteiger partial charge in [0.15, 0.2) is 0 Å². The Bertz CT molecular complexity index is 143. The molecule has 0 aromatic rings. The van der Waals surface area contributed by atoms with E-state index in [1.54, 1.807) is 0 Å². The molecule has 0 radical (unpaired) electrons. The first kappa shape index (κ1) is 13.5. The van der Waals surface area contributed by atoms with Crippen LogP contribution in [0.1, 0.15) is 59.3 Å². The Morgan fingerprint density at radius 3 is 2.43 bits per heavy atom. The zero-order valence-corrected chi connectivity index (χ0v) is 9.84. The summed E-state index contributed by atoms with van der Waals surface area (Å²) in [6, 6.07) is 0. The highest BCUT2D eigenvalue weighted by Crippen LogP contribution is 2.12. The van der Waals surface area contributed by atoms with Gasteiger partial charge in [-0.05, 0) is 12.3 Å². The minimum absolute atomic E-state index is 0.162. The van der Waals surface area contributed by atoms with Gasteiger partial charge in [0.25, 0.3) is 0 Å². The lowest BCUT2D eigenvalue weighted by atomic mass is 10.0. The van der Waals surface area contributed by atoms with Gasteiger partial charge in [0, 0.05) is 6.92 Å². The van der Waals surface area contributed by atoms with E-state index < -0.39 is 0 Å². The molecule has 0 saturated heterocycles. The largest absolute Gasteiger partial charge is 0.466 e. The molecule has 14 heavy (non-hydrogen) atoms. The average Bonchev–Trinajstić information content (AvgIpc) is 2.15. The molecular formula is C12H24O2. The first-order valence-electron chi connectivity index (χ1n) is 5.80. The fraction of sp³-hybridized carbons (Fsp3) is 0.917. The summed E-state index contributed by atoms with van der Waals surface area (Å²) in [5.74, 6) is 0.702. The SMILES string of the molecule is CCC(C)CCCCCCOC(C)=O. The van der Waals surface area contributed by atoms with E-state index in [1.165, 1.54) is 39.0 Å². The summed E-state index contributed by atoms with van der Waals surface area (Å²) in [7, 11) is 0. The number of rotatable bonds is 8. The Hall–Kier alpha value is -0.530. The molecule has 1 atom stereocenters. The van der Waals surface area contributed by atoms with Crippen molar-refractivity contribution in [1.82, 2.24) is 0 Å². The molecule has 2 heteroatoms. The fourth-order valence-electron chi connectivity index (χ4n) is 1.37. The predicted molar refractivity (Wildman–Crippen MR) is 59.2 cm³/mol. The van der Waals surface area contributed by atoms with E-state index in [4.69, 9.17) is 4.74 Å². The van der Waals surface area contributed by atoms with Crippen molar-refractivity contribution in [2.45, 2.75) is 59.3 Å². The van der Waals surface area contributed by atoms with Crippen LogP contribution in [0.2, 0.25) is 0 Å². The Labute approximate surface area is 88.0 Å². The van der Waals surface area contributed by atoms with E-state index in [0.717, 1.165) is 12.3 Å². The monoisotopic (exact) mass is 200 g/mol. The van der Waals surface area contributed by atoms with Crippen molar-refractivity contribution < 1.29 is 9.53 Å². The molecular weight excluding hydrogens is 176 g/mol. The van der Waals surface area contributed by atoms with Crippen LogP contribution in [0.4, 0.5) is 0 Å². The molecule has 0 spiro atoms. The molecule has 0 heterocycles. The third-order valence-electron chi connectivity index (χ3n) is 2.59. The Balaban J connectivity index is 3.02. The van der Waals surface area contributed by atoms with Crippen LogP contribution in [0.5, 0.6) is 0 Å². The van der Waals surface area contributed by atoms with Gasteiger partial charge in [-0.3, -0.25) is 4.79 Å². The second-order valence-corrected chi connectivity index (χ2v) is 4.06. The lowest BCUT2D eigenvalue weighted by Gasteiger charge is -2.07. The van der Waals surface area contributed by atoms with Gasteiger partial charge in [0.2, 0.25) is 0 Å². The summed E-state index contributed by atoms with van der Waals surface area (Å²) in [4.78, 5) is 10.4. The van der Waals surface area contributed by atoms with Gasteiger partial charge >= 0.3 is 5.97 Å². The van der Waals surface area contributed by atoms with E-state index in [-0.39, 0.29) is 5.97 Å². The molecule has 0 saturated carbocycles. The van der Waals surface area contributed by atoms with E-state index >= 15 is 0 Å². The van der Waals surface area contributed by atoms with Crippen LogP contribution < -0.4 is 0 Å². The average molecular weight is 200 g/mol. The van der Waals surface area contributed by atoms with Gasteiger partial charge in [0.1, 0.15) is 0 Å². The Kier molecular flexibility index (Phi) is 8.70. The first-order valence-corrected chi connectivity index (χ1v) is 5.80. The van der Waals surface area contributed by atoms with Gasteiger partial charge in [-0.1, -0.05) is 46.0 Å².